The van der Waals surface area contributed by atoms with E-state index < -0.39 is 0 Å². The highest BCUT2D eigenvalue weighted by Gasteiger charge is 2.14. The molecule has 0 aromatic heterocycles. The lowest BCUT2D eigenvalue weighted by molar-refractivity contribution is 0.174. The van der Waals surface area contributed by atoms with Crippen molar-refractivity contribution in [3.63, 3.8) is 0 Å². The van der Waals surface area contributed by atoms with Gasteiger partial charge in [0.1, 0.15) is 0 Å². The summed E-state index contributed by atoms with van der Waals surface area (Å²) < 4.78 is 21.7. The van der Waals surface area contributed by atoms with Crippen LogP contribution in [0.5, 0.6) is 23.0 Å². The zero-order valence-corrected chi connectivity index (χ0v) is 19.7. The van der Waals surface area contributed by atoms with Crippen LogP contribution in [0.25, 0.3) is 0 Å². The van der Waals surface area contributed by atoms with Gasteiger partial charge in [0.15, 0.2) is 29.0 Å². The highest BCUT2D eigenvalue weighted by molar-refractivity contribution is 14.0. The smallest absolute Gasteiger partial charge is 0.231 e. The topological polar surface area (TPSA) is 73.3 Å². The number of rotatable bonds is 7. The SMILES string of the molecule is CCOc1c(Cl)cc(CNC(=NC)NCc2ccc3c(c2)OCO3)cc1OC.I. The molecule has 2 aromatic rings. The highest BCUT2D eigenvalue weighted by atomic mass is 127. The molecule has 0 spiro atoms. The lowest BCUT2D eigenvalue weighted by atomic mass is 10.2. The Morgan fingerprint density at radius 3 is 2.52 bits per heavy atom. The Labute approximate surface area is 192 Å². The number of nitrogens with zero attached hydrogens (tertiary/aromatic N) is 1. The van der Waals surface area contributed by atoms with Crippen LogP contribution in [0, 0.1) is 0 Å². The van der Waals surface area contributed by atoms with Crippen LogP contribution >= 0.6 is 35.6 Å². The summed E-state index contributed by atoms with van der Waals surface area (Å²) in [6.07, 6.45) is 0. The third kappa shape index (κ3) is 5.96. The number of halogens is 2. The van der Waals surface area contributed by atoms with Gasteiger partial charge in [0.25, 0.3) is 0 Å². The minimum absolute atomic E-state index is 0. The Morgan fingerprint density at radius 2 is 1.83 bits per heavy atom. The average Bonchev–Trinajstić information content (AvgIpc) is 3.17. The van der Waals surface area contributed by atoms with Crippen LogP contribution in [0.1, 0.15) is 18.1 Å². The van der Waals surface area contributed by atoms with Crippen LogP contribution in [0.4, 0.5) is 0 Å². The summed E-state index contributed by atoms with van der Waals surface area (Å²) in [6.45, 7) is 3.82. The van der Waals surface area contributed by atoms with Crippen molar-refractivity contribution in [1.29, 1.82) is 0 Å². The molecule has 158 valence electrons. The predicted molar refractivity (Wildman–Crippen MR) is 124 cm³/mol. The van der Waals surface area contributed by atoms with Crippen molar-refractivity contribution in [2.24, 2.45) is 4.99 Å². The van der Waals surface area contributed by atoms with Gasteiger partial charge >= 0.3 is 0 Å². The van der Waals surface area contributed by atoms with E-state index in [4.69, 9.17) is 30.5 Å². The maximum Gasteiger partial charge on any atom is 0.231 e. The zero-order valence-electron chi connectivity index (χ0n) is 16.6. The average molecular weight is 534 g/mol. The van der Waals surface area contributed by atoms with Crippen LogP contribution < -0.4 is 29.6 Å². The second kappa shape index (κ2) is 11.2. The molecule has 1 aliphatic heterocycles. The number of hydrogen-bond donors (Lipinski definition) is 2. The molecule has 0 fully saturated rings. The van der Waals surface area contributed by atoms with Crippen molar-refractivity contribution in [1.82, 2.24) is 10.6 Å². The van der Waals surface area contributed by atoms with Crippen molar-refractivity contribution < 1.29 is 18.9 Å². The summed E-state index contributed by atoms with van der Waals surface area (Å²) in [5.74, 6) is 3.36. The van der Waals surface area contributed by atoms with Gasteiger partial charge in [-0.15, -0.1) is 24.0 Å². The first-order chi connectivity index (χ1) is 13.6. The summed E-state index contributed by atoms with van der Waals surface area (Å²) in [5.41, 5.74) is 2.02. The monoisotopic (exact) mass is 533 g/mol. The number of guanidine groups is 1. The second-order valence-corrected chi connectivity index (χ2v) is 6.42. The van der Waals surface area contributed by atoms with Crippen molar-refractivity contribution in [3.05, 3.63) is 46.5 Å². The van der Waals surface area contributed by atoms with Gasteiger partial charge in [0.05, 0.1) is 18.7 Å². The minimum Gasteiger partial charge on any atom is -0.493 e. The van der Waals surface area contributed by atoms with Crippen LogP contribution in [0.15, 0.2) is 35.3 Å². The molecule has 0 unspecified atom stereocenters. The van der Waals surface area contributed by atoms with Gasteiger partial charge in [-0.2, -0.15) is 0 Å². The molecule has 0 aliphatic carbocycles. The van der Waals surface area contributed by atoms with Gasteiger partial charge in [-0.05, 0) is 42.3 Å². The van der Waals surface area contributed by atoms with Gasteiger partial charge in [-0.3, -0.25) is 4.99 Å². The first-order valence-electron chi connectivity index (χ1n) is 8.96. The molecule has 2 N–H and O–H groups in total. The summed E-state index contributed by atoms with van der Waals surface area (Å²) in [5, 5.41) is 7.06. The van der Waals surface area contributed by atoms with E-state index >= 15 is 0 Å². The number of nitrogens with one attached hydrogen (secondary N) is 2. The standard InChI is InChI=1S/C20H24ClN3O4.HI/c1-4-26-19-15(21)7-14(9-18(19)25-3)11-24-20(22-2)23-10-13-5-6-16-17(8-13)28-12-27-16;/h5-9H,4,10-12H2,1-3H3,(H2,22,23,24);1H. The van der Waals surface area contributed by atoms with Crippen molar-refractivity contribution in [3.8, 4) is 23.0 Å². The molecule has 0 atom stereocenters. The van der Waals surface area contributed by atoms with E-state index in [0.717, 1.165) is 22.6 Å². The molecule has 0 saturated heterocycles. The molecular weight excluding hydrogens is 509 g/mol. The Bertz CT molecular complexity index is 864. The Kier molecular flexibility index (Phi) is 8.97. The maximum absolute atomic E-state index is 6.33. The summed E-state index contributed by atoms with van der Waals surface area (Å²) in [4.78, 5) is 4.25. The molecule has 0 bridgehead atoms. The van der Waals surface area contributed by atoms with Crippen LogP contribution in [0.2, 0.25) is 5.02 Å². The lowest BCUT2D eigenvalue weighted by Gasteiger charge is -2.15. The number of aliphatic imine (C=N–C) groups is 1. The molecule has 7 nitrogen and oxygen atoms in total. The van der Waals surface area contributed by atoms with E-state index in [1.807, 2.05) is 37.3 Å². The first-order valence-corrected chi connectivity index (χ1v) is 9.34. The Morgan fingerprint density at radius 1 is 1.10 bits per heavy atom. The summed E-state index contributed by atoms with van der Waals surface area (Å²) in [6, 6.07) is 9.61. The fourth-order valence-electron chi connectivity index (χ4n) is 2.80. The van der Waals surface area contributed by atoms with Crippen molar-refractivity contribution in [2.75, 3.05) is 27.6 Å². The third-order valence-corrected chi connectivity index (χ3v) is 4.44. The van der Waals surface area contributed by atoms with E-state index in [9.17, 15) is 0 Å². The molecule has 9 heteroatoms. The van der Waals surface area contributed by atoms with Gasteiger partial charge < -0.3 is 29.6 Å². The highest BCUT2D eigenvalue weighted by Crippen LogP contribution is 2.36. The van der Waals surface area contributed by atoms with Gasteiger partial charge in [-0.25, -0.2) is 0 Å². The quantitative estimate of drug-likeness (QED) is 0.319. The molecule has 3 rings (SSSR count). The predicted octanol–water partition coefficient (Wildman–Crippen LogP) is 3.96. The van der Waals surface area contributed by atoms with Crippen LogP contribution in [0.3, 0.4) is 0 Å². The Balaban J connectivity index is 0.00000300. The van der Waals surface area contributed by atoms with Gasteiger partial charge in [-0.1, -0.05) is 17.7 Å². The summed E-state index contributed by atoms with van der Waals surface area (Å²) in [7, 11) is 3.32. The summed E-state index contributed by atoms with van der Waals surface area (Å²) >= 11 is 6.33. The molecule has 29 heavy (non-hydrogen) atoms. The normalized spacial score (nSPS) is 12.2. The largest absolute Gasteiger partial charge is 0.493 e. The number of methoxy groups -OCH3 is 1. The van der Waals surface area contributed by atoms with Crippen molar-refractivity contribution >= 4 is 41.5 Å². The lowest BCUT2D eigenvalue weighted by Crippen LogP contribution is -2.36. The van der Waals surface area contributed by atoms with E-state index in [-0.39, 0.29) is 30.8 Å². The molecule has 0 amide bonds. The molecular formula is C20H25ClIN3O4. The van der Waals surface area contributed by atoms with E-state index in [2.05, 4.69) is 15.6 Å². The third-order valence-electron chi connectivity index (χ3n) is 4.16. The fourth-order valence-corrected chi connectivity index (χ4v) is 3.09. The molecule has 1 heterocycles. The number of fused-ring (bicyclic) bond motifs is 1. The van der Waals surface area contributed by atoms with Crippen LogP contribution in [-0.4, -0.2) is 33.5 Å². The van der Waals surface area contributed by atoms with Crippen LogP contribution in [-0.2, 0) is 13.1 Å². The van der Waals surface area contributed by atoms with Crippen molar-refractivity contribution in [2.45, 2.75) is 20.0 Å². The van der Waals surface area contributed by atoms with E-state index in [0.29, 0.717) is 42.2 Å². The number of ether oxygens (including phenoxy) is 4. The molecule has 2 aromatic carbocycles. The zero-order chi connectivity index (χ0) is 19.9. The van der Waals surface area contributed by atoms with Gasteiger partial charge in [0.2, 0.25) is 6.79 Å². The first kappa shape index (κ1) is 23.2. The molecule has 1 aliphatic rings. The number of hydrogen-bond acceptors (Lipinski definition) is 5. The fraction of sp³-hybridized carbons (Fsp3) is 0.350. The second-order valence-electron chi connectivity index (χ2n) is 6.01. The van der Waals surface area contributed by atoms with E-state index in [1.165, 1.54) is 0 Å². The Hall–Kier alpha value is -2.07. The molecule has 0 saturated carbocycles. The molecule has 0 radical (unpaired) electrons. The maximum atomic E-state index is 6.33. The van der Waals surface area contributed by atoms with Gasteiger partial charge in [0, 0.05) is 20.1 Å². The van der Waals surface area contributed by atoms with E-state index in [1.54, 1.807) is 14.2 Å². The minimum atomic E-state index is 0. The number of benzene rings is 2.